The van der Waals surface area contributed by atoms with Crippen molar-refractivity contribution in [2.45, 2.75) is 26.7 Å². The maximum atomic E-state index is 11.4. The van der Waals surface area contributed by atoms with Crippen molar-refractivity contribution < 1.29 is 23.1 Å². The van der Waals surface area contributed by atoms with Crippen LogP contribution in [0.5, 0.6) is 0 Å². The molecule has 0 aliphatic heterocycles. The monoisotopic (exact) mass is 308 g/mol. The number of nitrogens with one attached hydrogen (secondary N) is 2. The van der Waals surface area contributed by atoms with E-state index in [1.165, 1.54) is 0 Å². The summed E-state index contributed by atoms with van der Waals surface area (Å²) in [6.07, 6.45) is 1.80. The van der Waals surface area contributed by atoms with Gasteiger partial charge in [-0.25, -0.2) is 13.2 Å². The highest BCUT2D eigenvalue weighted by atomic mass is 32.2. The van der Waals surface area contributed by atoms with Crippen molar-refractivity contribution in [3.05, 3.63) is 0 Å². The molecule has 3 N–H and O–H groups in total. The molecule has 0 aliphatic rings. The summed E-state index contributed by atoms with van der Waals surface area (Å²) in [6.45, 7) is 4.27. The van der Waals surface area contributed by atoms with Gasteiger partial charge in [-0.3, -0.25) is 4.79 Å². The van der Waals surface area contributed by atoms with E-state index in [0.717, 1.165) is 6.26 Å². The normalized spacial score (nSPS) is 13.0. The highest BCUT2D eigenvalue weighted by Crippen LogP contribution is 2.14. The minimum Gasteiger partial charge on any atom is -0.481 e. The van der Waals surface area contributed by atoms with Crippen LogP contribution in [0.2, 0.25) is 0 Å². The Kier molecular flexibility index (Phi) is 8.21. The van der Waals surface area contributed by atoms with E-state index in [-0.39, 0.29) is 31.2 Å². The SMILES string of the molecule is CC(C)CC(CNC(=O)NCCS(C)(=O)=O)CC(=O)O. The van der Waals surface area contributed by atoms with E-state index in [1.54, 1.807) is 0 Å². The van der Waals surface area contributed by atoms with Crippen LogP contribution in [-0.4, -0.2) is 50.6 Å². The van der Waals surface area contributed by atoms with E-state index in [1.807, 2.05) is 13.8 Å². The van der Waals surface area contributed by atoms with Crippen LogP contribution in [0.1, 0.15) is 26.7 Å². The molecule has 0 rings (SSSR count). The van der Waals surface area contributed by atoms with Gasteiger partial charge in [-0.15, -0.1) is 0 Å². The minimum absolute atomic E-state index is 0.00178. The highest BCUT2D eigenvalue weighted by molar-refractivity contribution is 7.90. The van der Waals surface area contributed by atoms with Crippen molar-refractivity contribution >= 4 is 21.8 Å². The van der Waals surface area contributed by atoms with Crippen LogP contribution < -0.4 is 10.6 Å². The summed E-state index contributed by atoms with van der Waals surface area (Å²) in [5, 5.41) is 13.8. The van der Waals surface area contributed by atoms with Gasteiger partial charge < -0.3 is 15.7 Å². The van der Waals surface area contributed by atoms with Crippen molar-refractivity contribution in [2.75, 3.05) is 25.1 Å². The molecule has 20 heavy (non-hydrogen) atoms. The molecule has 7 nitrogen and oxygen atoms in total. The first-order chi connectivity index (χ1) is 9.10. The van der Waals surface area contributed by atoms with Crippen molar-refractivity contribution in [3.63, 3.8) is 0 Å². The van der Waals surface area contributed by atoms with Gasteiger partial charge in [0.25, 0.3) is 0 Å². The third kappa shape index (κ3) is 11.8. The number of sulfone groups is 1. The molecule has 0 heterocycles. The van der Waals surface area contributed by atoms with Gasteiger partial charge in [0.1, 0.15) is 9.84 Å². The summed E-state index contributed by atoms with van der Waals surface area (Å²) < 4.78 is 21.8. The average Bonchev–Trinajstić information content (AvgIpc) is 2.22. The molecular weight excluding hydrogens is 284 g/mol. The summed E-state index contributed by atoms with van der Waals surface area (Å²) in [6, 6.07) is -0.479. The number of carbonyl (C=O) groups excluding carboxylic acids is 1. The Hall–Kier alpha value is -1.31. The Balaban J connectivity index is 4.07. The predicted octanol–water partition coefficient (Wildman–Crippen LogP) is 0.467. The van der Waals surface area contributed by atoms with Crippen LogP contribution in [0.25, 0.3) is 0 Å². The molecule has 2 amide bonds. The second-order valence-corrected chi connectivity index (χ2v) is 7.62. The Morgan fingerprint density at radius 1 is 1.20 bits per heavy atom. The quantitative estimate of drug-likeness (QED) is 0.573. The van der Waals surface area contributed by atoms with Crippen molar-refractivity contribution in [2.24, 2.45) is 11.8 Å². The van der Waals surface area contributed by atoms with Gasteiger partial charge in [-0.1, -0.05) is 13.8 Å². The van der Waals surface area contributed by atoms with Crippen molar-refractivity contribution in [1.29, 1.82) is 0 Å². The highest BCUT2D eigenvalue weighted by Gasteiger charge is 2.16. The summed E-state index contributed by atoms with van der Waals surface area (Å²) in [5.41, 5.74) is 0. The number of amides is 2. The molecule has 118 valence electrons. The fourth-order valence-electron chi connectivity index (χ4n) is 1.80. The van der Waals surface area contributed by atoms with Crippen LogP contribution in [0.4, 0.5) is 4.79 Å². The number of urea groups is 1. The van der Waals surface area contributed by atoms with E-state index >= 15 is 0 Å². The van der Waals surface area contributed by atoms with Gasteiger partial charge in [-0.05, 0) is 18.3 Å². The fraction of sp³-hybridized carbons (Fsp3) is 0.833. The summed E-state index contributed by atoms with van der Waals surface area (Å²) in [7, 11) is -3.10. The predicted molar refractivity (Wildman–Crippen MR) is 76.3 cm³/mol. The molecule has 0 spiro atoms. The lowest BCUT2D eigenvalue weighted by molar-refractivity contribution is -0.138. The largest absolute Gasteiger partial charge is 0.481 e. The first-order valence-corrected chi connectivity index (χ1v) is 8.57. The van der Waals surface area contributed by atoms with Gasteiger partial charge in [0.05, 0.1) is 5.75 Å². The van der Waals surface area contributed by atoms with Crippen molar-refractivity contribution in [3.8, 4) is 0 Å². The summed E-state index contributed by atoms with van der Waals surface area (Å²) in [5.74, 6) is -0.803. The summed E-state index contributed by atoms with van der Waals surface area (Å²) in [4.78, 5) is 22.2. The zero-order valence-corrected chi connectivity index (χ0v) is 13.0. The lowest BCUT2D eigenvalue weighted by Crippen LogP contribution is -2.40. The number of hydrogen-bond donors (Lipinski definition) is 3. The smallest absolute Gasteiger partial charge is 0.314 e. The molecule has 0 fully saturated rings. The molecule has 0 bridgehead atoms. The Morgan fingerprint density at radius 3 is 2.25 bits per heavy atom. The Bertz CT molecular complexity index is 420. The minimum atomic E-state index is -3.10. The van der Waals surface area contributed by atoms with Crippen LogP contribution in [-0.2, 0) is 14.6 Å². The molecule has 0 aliphatic carbocycles. The first kappa shape index (κ1) is 18.7. The standard InChI is InChI=1S/C12H24N2O5S/c1-9(2)6-10(7-11(15)16)8-14-12(17)13-4-5-20(3,18)19/h9-10H,4-8H2,1-3H3,(H,15,16)(H2,13,14,17). The third-order valence-electron chi connectivity index (χ3n) is 2.58. The number of carboxylic acid groups (broad SMARTS) is 1. The Morgan fingerprint density at radius 2 is 1.80 bits per heavy atom. The van der Waals surface area contributed by atoms with E-state index in [4.69, 9.17) is 5.11 Å². The summed E-state index contributed by atoms with van der Waals surface area (Å²) >= 11 is 0. The molecule has 0 aromatic heterocycles. The molecule has 0 radical (unpaired) electrons. The topological polar surface area (TPSA) is 113 Å². The van der Waals surface area contributed by atoms with Crippen molar-refractivity contribution in [1.82, 2.24) is 10.6 Å². The third-order valence-corrected chi connectivity index (χ3v) is 3.52. The number of aliphatic carboxylic acids is 1. The molecular formula is C12H24N2O5S. The van der Waals surface area contributed by atoms with Gasteiger partial charge in [0.15, 0.2) is 0 Å². The molecule has 0 saturated carbocycles. The molecule has 0 saturated heterocycles. The van der Waals surface area contributed by atoms with Crippen LogP contribution >= 0.6 is 0 Å². The second kappa shape index (κ2) is 8.78. The zero-order chi connectivity index (χ0) is 15.8. The van der Waals surface area contributed by atoms with Gasteiger partial charge in [-0.2, -0.15) is 0 Å². The molecule has 0 aromatic carbocycles. The number of carbonyl (C=O) groups is 2. The van der Waals surface area contributed by atoms with Gasteiger partial charge in [0.2, 0.25) is 0 Å². The van der Waals surface area contributed by atoms with E-state index < -0.39 is 21.8 Å². The fourth-order valence-corrected chi connectivity index (χ4v) is 2.27. The van der Waals surface area contributed by atoms with Gasteiger partial charge >= 0.3 is 12.0 Å². The van der Waals surface area contributed by atoms with Crippen LogP contribution in [0.15, 0.2) is 0 Å². The molecule has 1 unspecified atom stereocenters. The van der Waals surface area contributed by atoms with Gasteiger partial charge in [0, 0.05) is 25.8 Å². The van der Waals surface area contributed by atoms with E-state index in [9.17, 15) is 18.0 Å². The van der Waals surface area contributed by atoms with Crippen LogP contribution in [0, 0.1) is 11.8 Å². The maximum absolute atomic E-state index is 11.4. The van der Waals surface area contributed by atoms with Crippen LogP contribution in [0.3, 0.4) is 0 Å². The average molecular weight is 308 g/mol. The number of rotatable bonds is 9. The van der Waals surface area contributed by atoms with E-state index in [2.05, 4.69) is 10.6 Å². The first-order valence-electron chi connectivity index (χ1n) is 6.51. The lowest BCUT2D eigenvalue weighted by atomic mass is 9.94. The number of carboxylic acids is 1. The second-order valence-electron chi connectivity index (χ2n) is 5.36. The lowest BCUT2D eigenvalue weighted by Gasteiger charge is -2.18. The zero-order valence-electron chi connectivity index (χ0n) is 12.2. The number of hydrogen-bond acceptors (Lipinski definition) is 4. The maximum Gasteiger partial charge on any atom is 0.314 e. The molecule has 1 atom stereocenters. The Labute approximate surface area is 120 Å². The van der Waals surface area contributed by atoms with E-state index in [0.29, 0.717) is 12.3 Å². The molecule has 0 aromatic rings. The molecule has 8 heteroatoms.